The Morgan fingerprint density at radius 3 is 0.500 bits per heavy atom. The van der Waals surface area contributed by atoms with E-state index in [2.05, 4.69) is 20.1 Å². The van der Waals surface area contributed by atoms with E-state index >= 15 is 0 Å². The molecular weight excluding hydrogens is 1840 g/mol. The maximum absolute atomic E-state index is 12.2. The van der Waals surface area contributed by atoms with Gasteiger partial charge in [-0.15, -0.1) is 0 Å². The van der Waals surface area contributed by atoms with Crippen molar-refractivity contribution in [2.45, 2.75) is 37.5 Å². The van der Waals surface area contributed by atoms with E-state index in [1.807, 2.05) is 27.7 Å². The van der Waals surface area contributed by atoms with E-state index in [-0.39, 0.29) is 69.3 Å². The van der Waals surface area contributed by atoms with Crippen LogP contribution in [0.25, 0.3) is 20.9 Å². The van der Waals surface area contributed by atoms with Gasteiger partial charge in [0.1, 0.15) is 74.1 Å². The molecule has 0 atom stereocenters. The first kappa shape index (κ1) is 123. The van der Waals surface area contributed by atoms with Crippen molar-refractivity contribution < 1.29 is 177 Å². The molecule has 0 aliphatic heterocycles. The third-order valence-corrected chi connectivity index (χ3v) is 19.5. The van der Waals surface area contributed by atoms with Gasteiger partial charge in [0.15, 0.2) is 0 Å². The van der Waals surface area contributed by atoms with Gasteiger partial charge in [-0.25, -0.2) is 0 Å². The average molecular weight is 1990 g/mol. The molecule has 0 heterocycles. The molecule has 0 saturated carbocycles. The van der Waals surface area contributed by atoms with Crippen molar-refractivity contribution in [2.75, 3.05) is 410 Å². The summed E-state index contributed by atoms with van der Waals surface area (Å²) in [5, 5.41) is 6.78. The van der Waals surface area contributed by atoms with Crippen molar-refractivity contribution in [3.8, 4) is 34.5 Å². The summed E-state index contributed by atoms with van der Waals surface area (Å²) in [4.78, 5) is 5.54. The van der Waals surface area contributed by atoms with Crippen molar-refractivity contribution in [1.82, 2.24) is 0 Å². The molecule has 4 aromatic carbocycles. The van der Waals surface area contributed by atoms with E-state index in [0.29, 0.717) is 385 Å². The minimum absolute atomic E-state index is 0.0927. The first-order chi connectivity index (χ1) is 66.9. The fraction of sp³-hybridized carbons (Fsp3) is 0.733. The van der Waals surface area contributed by atoms with Crippen LogP contribution in [0, 0.1) is 13.8 Å². The lowest BCUT2D eigenvalue weighted by Gasteiger charge is -2.14. The Labute approximate surface area is 801 Å². The van der Waals surface area contributed by atoms with Crippen LogP contribution in [-0.2, 0) is 152 Å². The maximum Gasteiger partial charge on any atom is 0.297 e. The van der Waals surface area contributed by atoms with Gasteiger partial charge in [0, 0.05) is 72.5 Å². The Kier molecular flexibility index (Phi) is 84.3. The van der Waals surface area contributed by atoms with Gasteiger partial charge in [-0.1, -0.05) is 45.6 Å². The molecule has 46 heteroatoms. The Hall–Kier alpha value is -6.92. The minimum atomic E-state index is -3.82. The second-order valence-electron chi connectivity index (χ2n) is 27.5. The molecule has 4 rings (SSSR count). The predicted octanol–water partition coefficient (Wildman–Crippen LogP) is 8.17. The normalized spacial score (nSPS) is 11.5. The number of rotatable bonds is 102. The summed E-state index contributed by atoms with van der Waals surface area (Å²) in [5.74, 6) is 3.28. The quantitative estimate of drug-likeness (QED) is 0.0132. The number of aryl methyl sites for hydroxylation is 2. The molecule has 0 fully saturated rings. The lowest BCUT2D eigenvalue weighted by Crippen LogP contribution is -2.15. The van der Waals surface area contributed by atoms with Gasteiger partial charge in [0.2, 0.25) is 0 Å². The van der Waals surface area contributed by atoms with E-state index in [4.69, 9.17) is 171 Å². The van der Waals surface area contributed by atoms with E-state index in [1.165, 1.54) is 24.3 Å². The zero-order valence-electron chi connectivity index (χ0n) is 79.9. The van der Waals surface area contributed by atoms with Crippen LogP contribution in [0.1, 0.15) is 25.0 Å². The van der Waals surface area contributed by atoms with Crippen LogP contribution in [0.4, 0.5) is 0 Å². The van der Waals surface area contributed by atoms with Crippen LogP contribution >= 0.6 is 0 Å². The van der Waals surface area contributed by atoms with Crippen LogP contribution in [-0.4, -0.2) is 426 Å². The molecule has 0 unspecified atom stereocenters. The average Bonchev–Trinajstić information content (AvgIpc) is 0.840. The number of hydrogen-bond donors (Lipinski definition) is 0. The third-order valence-electron chi connectivity index (χ3n) is 16.9. The summed E-state index contributed by atoms with van der Waals surface area (Å²) in [6, 6.07) is 23.5. The standard InChI is InChI=1S/C52H82O22S2.C38H68N6O16/c1-4-57-13-14-58-15-16-59-17-18-60-23-28-65-33-38-70-48-43-49(71-39-34-66-29-24-61-19-21-63-26-31-68-36-41-73-75(53,54)51-9-5-46(2)6-10-51)45-50(44-48)72-40-35-67-30-25-62-20-22-64-27-32-69-37-42-74-76(55,56)52-11-7-47(3)8-12-52;1-2-45-7-8-48-13-14-51-19-20-54-23-26-57-29-32-60-38-34-36(58-30-27-55-24-21-52-17-15-49-11-9-46-5-3-41-43-39)33-37(35-38)59-31-28-56-25-22-53-18-16-50-12-10-47-6-4-42-44-40/h5-12,43-45H,4,13-42H2,1-3H3;33-35H,2-32H2,1H3. The zero-order valence-corrected chi connectivity index (χ0v) is 81.6. The molecule has 0 amide bonds. The highest BCUT2D eigenvalue weighted by molar-refractivity contribution is 7.87. The van der Waals surface area contributed by atoms with Crippen molar-refractivity contribution in [3.05, 3.63) is 117 Å². The van der Waals surface area contributed by atoms with E-state index in [9.17, 15) is 16.8 Å². The number of nitrogens with zero attached hydrogens (tertiary/aromatic N) is 6. The number of hydrogen-bond acceptors (Lipinski definition) is 40. The van der Waals surface area contributed by atoms with E-state index in [0.717, 1.165) is 11.1 Å². The van der Waals surface area contributed by atoms with Crippen LogP contribution < -0.4 is 28.4 Å². The summed E-state index contributed by atoms with van der Waals surface area (Å²) in [7, 11) is -7.65. The second-order valence-corrected chi connectivity index (χ2v) is 30.8. The summed E-state index contributed by atoms with van der Waals surface area (Å²) in [6.07, 6.45) is 0. The molecule has 0 bridgehead atoms. The molecule has 0 spiro atoms. The molecule has 0 aliphatic carbocycles. The number of benzene rings is 4. The SMILES string of the molecule is CCOCCOCCOCCOCCOCCOc1cc(OCCOCCOCCOCCOCCN=[N+]=[N-])cc(OCCOCCOCCOCCOCCN=[N+]=[N-])c1.CCOCCOCCOCCOCCOCCOc1cc(OCCOCCOCCOCCOCCOS(=O)(=O)c2ccc(C)cc2)cc(OCCOCCOCCOCCOCCOS(=O)(=O)c2ccc(C)cc2)c1. The molecular formula is C90H150N6O38S2. The van der Waals surface area contributed by atoms with Gasteiger partial charge in [-0.3, -0.25) is 8.37 Å². The first-order valence-electron chi connectivity index (χ1n) is 45.9. The zero-order chi connectivity index (χ0) is 97.4. The Balaban J connectivity index is 0.000000721. The molecule has 0 aliphatic rings. The molecule has 0 aromatic heterocycles. The minimum Gasteiger partial charge on any atom is -0.491 e. The van der Waals surface area contributed by atoms with Gasteiger partial charge >= 0.3 is 0 Å². The molecule has 44 nitrogen and oxygen atoms in total. The van der Waals surface area contributed by atoms with Gasteiger partial charge in [0.05, 0.1) is 353 Å². The lowest BCUT2D eigenvalue weighted by atomic mass is 10.2. The molecule has 136 heavy (non-hydrogen) atoms. The van der Waals surface area contributed by atoms with Crippen molar-refractivity contribution in [3.63, 3.8) is 0 Å². The largest absolute Gasteiger partial charge is 0.491 e. The fourth-order valence-corrected chi connectivity index (χ4v) is 12.0. The van der Waals surface area contributed by atoms with E-state index < -0.39 is 20.2 Å². The first-order valence-corrected chi connectivity index (χ1v) is 48.7. The monoisotopic (exact) mass is 1990 g/mol. The number of ether oxygens (including phenoxy) is 32. The highest BCUT2D eigenvalue weighted by Gasteiger charge is 2.17. The summed E-state index contributed by atoms with van der Waals surface area (Å²) in [6.45, 7) is 31.4. The van der Waals surface area contributed by atoms with Gasteiger partial charge in [-0.05, 0) is 63.0 Å². The summed E-state index contributed by atoms with van der Waals surface area (Å²) >= 11 is 0. The molecule has 0 radical (unpaired) electrons. The van der Waals surface area contributed by atoms with Crippen molar-refractivity contribution in [1.29, 1.82) is 0 Å². The van der Waals surface area contributed by atoms with Gasteiger partial charge in [0.25, 0.3) is 20.2 Å². The summed E-state index contributed by atoms with van der Waals surface area (Å²) in [5.41, 5.74) is 18.4. The fourth-order valence-electron chi connectivity index (χ4n) is 10.2. The third kappa shape index (κ3) is 77.9. The molecule has 0 saturated heterocycles. The van der Waals surface area contributed by atoms with Crippen LogP contribution in [0.3, 0.4) is 0 Å². The highest BCUT2D eigenvalue weighted by atomic mass is 32.2. The van der Waals surface area contributed by atoms with Crippen LogP contribution in [0.5, 0.6) is 34.5 Å². The molecule has 780 valence electrons. The lowest BCUT2D eigenvalue weighted by molar-refractivity contribution is -0.0120. The molecule has 4 aromatic rings. The van der Waals surface area contributed by atoms with Crippen molar-refractivity contribution >= 4 is 20.2 Å². The van der Waals surface area contributed by atoms with Gasteiger partial charge < -0.3 is 152 Å². The van der Waals surface area contributed by atoms with Crippen molar-refractivity contribution in [2.24, 2.45) is 10.2 Å². The topological polar surface area (TPSA) is 480 Å². The Morgan fingerprint density at radius 1 is 0.206 bits per heavy atom. The predicted molar refractivity (Wildman–Crippen MR) is 495 cm³/mol. The van der Waals surface area contributed by atoms with Gasteiger partial charge in [-0.2, -0.15) is 16.8 Å². The Morgan fingerprint density at radius 2 is 0.346 bits per heavy atom. The van der Waals surface area contributed by atoms with Crippen LogP contribution in [0.15, 0.2) is 105 Å². The van der Waals surface area contributed by atoms with E-state index in [1.54, 1.807) is 60.7 Å². The Bertz CT molecular complexity index is 3500. The summed E-state index contributed by atoms with van der Waals surface area (Å²) < 4.78 is 237. The van der Waals surface area contributed by atoms with Crippen LogP contribution in [0.2, 0.25) is 0 Å². The highest BCUT2D eigenvalue weighted by Crippen LogP contribution is 2.30. The second kappa shape index (κ2) is 93.1. The maximum atomic E-state index is 12.2. The smallest absolute Gasteiger partial charge is 0.297 e. The number of azide groups is 2. The molecule has 0 N–H and O–H groups in total.